The Kier molecular flexibility index (Phi) is 5.86. The molecule has 1 amide bonds. The lowest BCUT2D eigenvalue weighted by atomic mass is 10.2. The lowest BCUT2D eigenvalue weighted by Crippen LogP contribution is -2.55. The van der Waals surface area contributed by atoms with Gasteiger partial charge in [-0.15, -0.1) is 0 Å². The molecule has 2 saturated heterocycles. The Morgan fingerprint density at radius 2 is 2.08 bits per heavy atom. The summed E-state index contributed by atoms with van der Waals surface area (Å²) in [6.07, 6.45) is 1.54. The van der Waals surface area contributed by atoms with Gasteiger partial charge in [-0.3, -0.25) is 9.79 Å². The highest BCUT2D eigenvalue weighted by Gasteiger charge is 2.30. The summed E-state index contributed by atoms with van der Waals surface area (Å²) in [5.41, 5.74) is 0.869. The minimum absolute atomic E-state index is 0.111. The van der Waals surface area contributed by atoms with Gasteiger partial charge in [-0.1, -0.05) is 12.1 Å². The van der Waals surface area contributed by atoms with Crippen LogP contribution in [0.2, 0.25) is 0 Å². The number of guanidine groups is 1. The molecular formula is C18H25FN4O2. The summed E-state index contributed by atoms with van der Waals surface area (Å²) in [4.78, 5) is 20.7. The van der Waals surface area contributed by atoms with Crippen molar-refractivity contribution in [2.45, 2.75) is 25.5 Å². The number of carbonyl (C=O) groups excluding carboxylic acids is 1. The number of rotatable bonds is 3. The molecule has 1 aromatic carbocycles. The van der Waals surface area contributed by atoms with Crippen LogP contribution in [0.15, 0.2) is 29.3 Å². The normalized spacial score (nSPS) is 21.5. The van der Waals surface area contributed by atoms with Crippen LogP contribution in [0.3, 0.4) is 0 Å². The van der Waals surface area contributed by atoms with Crippen molar-refractivity contribution < 1.29 is 13.9 Å². The van der Waals surface area contributed by atoms with Gasteiger partial charge in [0.1, 0.15) is 11.9 Å². The first-order valence-electron chi connectivity index (χ1n) is 8.78. The van der Waals surface area contributed by atoms with Gasteiger partial charge in [-0.25, -0.2) is 4.39 Å². The van der Waals surface area contributed by atoms with E-state index in [1.165, 1.54) is 12.1 Å². The van der Waals surface area contributed by atoms with Crippen molar-refractivity contribution in [3.05, 3.63) is 35.6 Å². The Morgan fingerprint density at radius 1 is 1.32 bits per heavy atom. The first kappa shape index (κ1) is 17.7. The topological polar surface area (TPSA) is 57.2 Å². The van der Waals surface area contributed by atoms with E-state index in [1.807, 2.05) is 11.0 Å². The number of hydrogen-bond donors (Lipinski definition) is 1. The highest BCUT2D eigenvalue weighted by Crippen LogP contribution is 2.16. The van der Waals surface area contributed by atoms with Gasteiger partial charge in [-0.05, 0) is 30.5 Å². The van der Waals surface area contributed by atoms with Crippen LogP contribution in [0, 0.1) is 5.82 Å². The van der Waals surface area contributed by atoms with Crippen molar-refractivity contribution in [2.75, 3.05) is 39.8 Å². The number of ether oxygens (including phenoxy) is 1. The second kappa shape index (κ2) is 8.29. The summed E-state index contributed by atoms with van der Waals surface area (Å²) in [5.74, 6) is 0.642. The Labute approximate surface area is 147 Å². The fraction of sp³-hybridized carbons (Fsp3) is 0.556. The Bertz CT molecular complexity index is 623. The van der Waals surface area contributed by atoms with E-state index in [4.69, 9.17) is 4.74 Å². The third-order valence-corrected chi connectivity index (χ3v) is 4.65. The number of aliphatic imine (C=N–C) groups is 1. The van der Waals surface area contributed by atoms with Crippen LogP contribution < -0.4 is 5.32 Å². The maximum atomic E-state index is 13.3. The monoisotopic (exact) mass is 348 g/mol. The molecule has 6 nitrogen and oxygen atoms in total. The largest absolute Gasteiger partial charge is 0.368 e. The number of nitrogens with one attached hydrogen (secondary N) is 1. The number of nitrogens with zero attached hydrogens (tertiary/aromatic N) is 3. The molecule has 1 unspecified atom stereocenters. The predicted molar refractivity (Wildman–Crippen MR) is 93.7 cm³/mol. The van der Waals surface area contributed by atoms with Gasteiger partial charge >= 0.3 is 0 Å². The second-order valence-electron chi connectivity index (χ2n) is 6.34. The average molecular weight is 348 g/mol. The van der Waals surface area contributed by atoms with E-state index in [-0.39, 0.29) is 17.8 Å². The first-order chi connectivity index (χ1) is 12.2. The summed E-state index contributed by atoms with van der Waals surface area (Å²) in [6, 6.07) is 6.52. The molecule has 1 aromatic rings. The highest BCUT2D eigenvalue weighted by atomic mass is 19.1. The number of benzene rings is 1. The van der Waals surface area contributed by atoms with E-state index >= 15 is 0 Å². The summed E-state index contributed by atoms with van der Waals surface area (Å²) in [5, 5.41) is 3.26. The number of carbonyl (C=O) groups is 1. The molecule has 0 radical (unpaired) electrons. The van der Waals surface area contributed by atoms with E-state index in [0.29, 0.717) is 26.2 Å². The smallest absolute Gasteiger partial charge is 0.251 e. The molecule has 1 N–H and O–H groups in total. The van der Waals surface area contributed by atoms with Crippen LogP contribution in [0.1, 0.15) is 18.4 Å². The van der Waals surface area contributed by atoms with Crippen molar-refractivity contribution in [3.63, 3.8) is 0 Å². The standard InChI is InChI=1S/C18H25FN4O2/c1-20-18(21-13-14-4-2-5-15(19)12-14)23-9-7-22(8-10-23)17(24)16-6-3-11-25-16/h2,4-5,12,16H,3,6-11,13H2,1H3,(H,20,21). The fourth-order valence-corrected chi connectivity index (χ4v) is 3.28. The van der Waals surface area contributed by atoms with Crippen LogP contribution in [-0.2, 0) is 16.1 Å². The van der Waals surface area contributed by atoms with Gasteiger partial charge in [0.05, 0.1) is 0 Å². The first-order valence-corrected chi connectivity index (χ1v) is 8.78. The molecule has 3 rings (SSSR count). The molecule has 0 aromatic heterocycles. The van der Waals surface area contributed by atoms with E-state index in [2.05, 4.69) is 15.2 Å². The Hall–Kier alpha value is -2.15. The minimum atomic E-state index is -0.253. The van der Waals surface area contributed by atoms with Crippen LogP contribution in [-0.4, -0.2) is 67.6 Å². The molecule has 2 fully saturated rings. The van der Waals surface area contributed by atoms with Gasteiger partial charge in [0.2, 0.25) is 0 Å². The molecule has 1 atom stereocenters. The lowest BCUT2D eigenvalue weighted by Gasteiger charge is -2.37. The molecule has 0 saturated carbocycles. The van der Waals surface area contributed by atoms with Gasteiger partial charge < -0.3 is 19.9 Å². The zero-order chi connectivity index (χ0) is 17.6. The third kappa shape index (κ3) is 4.48. The SMILES string of the molecule is CN=C(NCc1cccc(F)c1)N1CCN(C(=O)C2CCCO2)CC1. The Morgan fingerprint density at radius 3 is 2.72 bits per heavy atom. The van der Waals surface area contributed by atoms with Gasteiger partial charge in [0.25, 0.3) is 5.91 Å². The molecule has 2 aliphatic heterocycles. The zero-order valence-electron chi connectivity index (χ0n) is 14.6. The average Bonchev–Trinajstić information content (AvgIpc) is 3.17. The van der Waals surface area contributed by atoms with Crippen LogP contribution in [0.4, 0.5) is 4.39 Å². The molecular weight excluding hydrogens is 323 g/mol. The summed E-state index contributed by atoms with van der Waals surface area (Å²) >= 11 is 0. The zero-order valence-corrected chi connectivity index (χ0v) is 14.6. The molecule has 136 valence electrons. The summed E-state index contributed by atoms with van der Waals surface area (Å²) in [6.45, 7) is 3.98. The maximum absolute atomic E-state index is 13.3. The molecule has 7 heteroatoms. The van der Waals surface area contributed by atoms with E-state index in [1.54, 1.807) is 13.1 Å². The molecule has 0 aliphatic carbocycles. The van der Waals surface area contributed by atoms with Crippen molar-refractivity contribution in [3.8, 4) is 0 Å². The van der Waals surface area contributed by atoms with Gasteiger partial charge in [0, 0.05) is 46.4 Å². The maximum Gasteiger partial charge on any atom is 0.251 e. The Balaban J connectivity index is 1.49. The van der Waals surface area contributed by atoms with Gasteiger partial charge in [-0.2, -0.15) is 0 Å². The fourth-order valence-electron chi connectivity index (χ4n) is 3.28. The van der Waals surface area contributed by atoms with Crippen molar-refractivity contribution in [1.29, 1.82) is 0 Å². The highest BCUT2D eigenvalue weighted by molar-refractivity contribution is 5.82. The van der Waals surface area contributed by atoms with Gasteiger partial charge in [0.15, 0.2) is 5.96 Å². The van der Waals surface area contributed by atoms with Crippen LogP contribution in [0.5, 0.6) is 0 Å². The predicted octanol–water partition coefficient (Wildman–Crippen LogP) is 1.22. The summed E-state index contributed by atoms with van der Waals surface area (Å²) < 4.78 is 18.7. The van der Waals surface area contributed by atoms with Crippen molar-refractivity contribution >= 4 is 11.9 Å². The third-order valence-electron chi connectivity index (χ3n) is 4.65. The quantitative estimate of drug-likeness (QED) is 0.659. The second-order valence-corrected chi connectivity index (χ2v) is 6.34. The van der Waals surface area contributed by atoms with E-state index in [0.717, 1.165) is 37.5 Å². The number of piperazine rings is 1. The van der Waals surface area contributed by atoms with Crippen molar-refractivity contribution in [2.24, 2.45) is 4.99 Å². The van der Waals surface area contributed by atoms with Crippen molar-refractivity contribution in [1.82, 2.24) is 15.1 Å². The minimum Gasteiger partial charge on any atom is -0.368 e. The molecule has 0 spiro atoms. The molecule has 0 bridgehead atoms. The molecule has 25 heavy (non-hydrogen) atoms. The molecule has 2 heterocycles. The van der Waals surface area contributed by atoms with Crippen LogP contribution >= 0.6 is 0 Å². The number of halogens is 1. The molecule has 2 aliphatic rings. The van der Waals surface area contributed by atoms with Crippen LogP contribution in [0.25, 0.3) is 0 Å². The summed E-state index contributed by atoms with van der Waals surface area (Å²) in [7, 11) is 1.73. The number of hydrogen-bond acceptors (Lipinski definition) is 3. The van der Waals surface area contributed by atoms with E-state index in [9.17, 15) is 9.18 Å². The lowest BCUT2D eigenvalue weighted by molar-refractivity contribution is -0.142. The number of amides is 1. The van der Waals surface area contributed by atoms with E-state index < -0.39 is 0 Å².